The number of nitrogens with two attached hydrogens (primary N) is 1. The van der Waals surface area contributed by atoms with Gasteiger partial charge in [-0.25, -0.2) is 8.78 Å². The maximum atomic E-state index is 14.4. The van der Waals surface area contributed by atoms with E-state index in [-0.39, 0.29) is 17.8 Å². The molecule has 1 aromatic heterocycles. The fourth-order valence-corrected chi connectivity index (χ4v) is 2.51. The van der Waals surface area contributed by atoms with E-state index in [0.717, 1.165) is 18.0 Å². The standard InChI is InChI=1S/C20H24ClF2N3/c1-4-7-14(8-5-2)16(10-15(21)11-24)20(26-9-6-3)19-17(22)12-25-13-18(19)23/h4-9,12-13,15,26H,1,10-11,24H2,2-3H3/b8-5-,9-6+,14-7+,20-16+. The van der Waals surface area contributed by atoms with Gasteiger partial charge in [-0.3, -0.25) is 4.98 Å². The molecule has 0 radical (unpaired) electrons. The molecule has 0 fully saturated rings. The second-order valence-electron chi connectivity index (χ2n) is 5.37. The largest absolute Gasteiger partial charge is 0.361 e. The summed E-state index contributed by atoms with van der Waals surface area (Å²) >= 11 is 6.27. The Morgan fingerprint density at radius 1 is 1.31 bits per heavy atom. The Labute approximate surface area is 158 Å². The molecule has 26 heavy (non-hydrogen) atoms. The zero-order valence-electron chi connectivity index (χ0n) is 15.0. The van der Waals surface area contributed by atoms with Gasteiger partial charge in [-0.15, -0.1) is 11.6 Å². The number of halogens is 3. The van der Waals surface area contributed by atoms with Crippen LogP contribution in [0.4, 0.5) is 8.78 Å². The third-order valence-corrected chi connectivity index (χ3v) is 3.81. The van der Waals surface area contributed by atoms with Crippen LogP contribution in [0, 0.1) is 11.6 Å². The summed E-state index contributed by atoms with van der Waals surface area (Å²) in [5, 5.41) is 2.57. The van der Waals surface area contributed by atoms with Crippen molar-refractivity contribution in [3.05, 3.63) is 83.9 Å². The molecule has 0 amide bonds. The molecule has 0 saturated carbocycles. The van der Waals surface area contributed by atoms with E-state index < -0.39 is 17.0 Å². The molecule has 0 aromatic carbocycles. The van der Waals surface area contributed by atoms with Gasteiger partial charge in [0.05, 0.1) is 23.7 Å². The van der Waals surface area contributed by atoms with Crippen molar-refractivity contribution in [1.82, 2.24) is 10.3 Å². The summed E-state index contributed by atoms with van der Waals surface area (Å²) in [5.74, 6) is -1.54. The monoisotopic (exact) mass is 379 g/mol. The fourth-order valence-electron chi connectivity index (χ4n) is 2.36. The van der Waals surface area contributed by atoms with Crippen LogP contribution in [0.25, 0.3) is 5.70 Å². The summed E-state index contributed by atoms with van der Waals surface area (Å²) in [4.78, 5) is 3.55. The SMILES string of the molecule is C=C/C=C(\C=C/C)C(/CC(Cl)CN)=C(/N/C=C/C)c1c(F)cncc1F. The van der Waals surface area contributed by atoms with Crippen LogP contribution in [0.2, 0.25) is 0 Å². The van der Waals surface area contributed by atoms with Gasteiger partial charge in [-0.05, 0) is 37.6 Å². The Bertz CT molecular complexity index is 716. The molecule has 140 valence electrons. The lowest BCUT2D eigenvalue weighted by Crippen LogP contribution is -2.18. The molecular formula is C20H24ClF2N3. The minimum atomic E-state index is -0.771. The second-order valence-corrected chi connectivity index (χ2v) is 5.99. The van der Waals surface area contributed by atoms with Crippen LogP contribution in [-0.2, 0) is 0 Å². The number of aromatic nitrogens is 1. The molecule has 6 heteroatoms. The molecule has 1 aromatic rings. The number of allylic oxidation sites excluding steroid dienone is 7. The smallest absolute Gasteiger partial charge is 0.153 e. The maximum Gasteiger partial charge on any atom is 0.153 e. The third-order valence-electron chi connectivity index (χ3n) is 3.47. The Morgan fingerprint density at radius 3 is 2.46 bits per heavy atom. The topological polar surface area (TPSA) is 50.9 Å². The summed E-state index contributed by atoms with van der Waals surface area (Å²) in [7, 11) is 0. The molecular weight excluding hydrogens is 356 g/mol. The van der Waals surface area contributed by atoms with Gasteiger partial charge in [0.2, 0.25) is 0 Å². The molecule has 3 N–H and O–H groups in total. The first kappa shape index (κ1) is 21.8. The van der Waals surface area contributed by atoms with Gasteiger partial charge in [0.15, 0.2) is 11.6 Å². The van der Waals surface area contributed by atoms with Crippen molar-refractivity contribution in [1.29, 1.82) is 0 Å². The first-order valence-electron chi connectivity index (χ1n) is 8.20. The molecule has 0 aliphatic carbocycles. The summed E-state index contributed by atoms with van der Waals surface area (Å²) < 4.78 is 28.9. The van der Waals surface area contributed by atoms with E-state index in [2.05, 4.69) is 16.9 Å². The van der Waals surface area contributed by atoms with Crippen molar-refractivity contribution in [2.45, 2.75) is 25.6 Å². The summed E-state index contributed by atoms with van der Waals surface area (Å²) in [6.45, 7) is 7.57. The van der Waals surface area contributed by atoms with Crippen LogP contribution in [0.3, 0.4) is 0 Å². The van der Waals surface area contributed by atoms with Crippen LogP contribution in [0.5, 0.6) is 0 Å². The predicted octanol–water partition coefficient (Wildman–Crippen LogP) is 4.84. The van der Waals surface area contributed by atoms with Gasteiger partial charge in [-0.2, -0.15) is 0 Å². The van der Waals surface area contributed by atoms with E-state index in [1.807, 2.05) is 19.1 Å². The number of hydrogen-bond acceptors (Lipinski definition) is 3. The van der Waals surface area contributed by atoms with E-state index in [1.165, 1.54) is 0 Å². The minimum absolute atomic E-state index is 0.201. The van der Waals surface area contributed by atoms with Crippen LogP contribution in [0.15, 0.2) is 66.7 Å². The number of rotatable bonds is 9. The summed E-state index contributed by atoms with van der Waals surface area (Å²) in [5.41, 5.74) is 7.08. The molecule has 0 saturated heterocycles. The lowest BCUT2D eigenvalue weighted by molar-refractivity contribution is 0.564. The van der Waals surface area contributed by atoms with Gasteiger partial charge < -0.3 is 11.1 Å². The van der Waals surface area contributed by atoms with E-state index in [0.29, 0.717) is 12.0 Å². The van der Waals surface area contributed by atoms with Gasteiger partial charge in [0.25, 0.3) is 0 Å². The van der Waals surface area contributed by atoms with E-state index in [9.17, 15) is 8.78 Å². The molecule has 1 unspecified atom stereocenters. The van der Waals surface area contributed by atoms with Gasteiger partial charge in [0, 0.05) is 11.9 Å². The van der Waals surface area contributed by atoms with Gasteiger partial charge >= 0.3 is 0 Å². The third kappa shape index (κ3) is 5.93. The molecule has 1 rings (SSSR count). The lowest BCUT2D eigenvalue weighted by atomic mass is 9.94. The van der Waals surface area contributed by atoms with Crippen molar-refractivity contribution in [2.24, 2.45) is 5.73 Å². The Balaban J connectivity index is 3.81. The van der Waals surface area contributed by atoms with Crippen LogP contribution in [0.1, 0.15) is 25.8 Å². The maximum absolute atomic E-state index is 14.4. The first-order valence-corrected chi connectivity index (χ1v) is 8.63. The number of hydrogen-bond donors (Lipinski definition) is 2. The Morgan fingerprint density at radius 2 is 1.96 bits per heavy atom. The zero-order valence-corrected chi connectivity index (χ0v) is 15.7. The fraction of sp³-hybridized carbons (Fsp3) is 0.250. The van der Waals surface area contributed by atoms with Gasteiger partial charge in [-0.1, -0.05) is 37.0 Å². The molecule has 0 bridgehead atoms. The van der Waals surface area contributed by atoms with Crippen molar-refractivity contribution < 1.29 is 8.78 Å². The molecule has 0 aliphatic heterocycles. The molecule has 1 heterocycles. The highest BCUT2D eigenvalue weighted by molar-refractivity contribution is 6.21. The molecule has 0 aliphatic rings. The normalized spacial score (nSPS) is 14.6. The van der Waals surface area contributed by atoms with Crippen LogP contribution < -0.4 is 11.1 Å². The number of pyridine rings is 1. The highest BCUT2D eigenvalue weighted by atomic mass is 35.5. The Kier molecular flexibility index (Phi) is 9.55. The van der Waals surface area contributed by atoms with Crippen molar-refractivity contribution in [3.63, 3.8) is 0 Å². The van der Waals surface area contributed by atoms with Gasteiger partial charge in [0.1, 0.15) is 0 Å². The van der Waals surface area contributed by atoms with Crippen LogP contribution in [-0.4, -0.2) is 16.9 Å². The molecule has 1 atom stereocenters. The second kappa shape index (κ2) is 11.4. The number of nitrogens with one attached hydrogen (secondary N) is 1. The average molecular weight is 380 g/mol. The van der Waals surface area contributed by atoms with Crippen LogP contribution >= 0.6 is 11.6 Å². The highest BCUT2D eigenvalue weighted by Gasteiger charge is 2.21. The zero-order chi connectivity index (χ0) is 19.5. The minimum Gasteiger partial charge on any atom is -0.361 e. The highest BCUT2D eigenvalue weighted by Crippen LogP contribution is 2.30. The summed E-state index contributed by atoms with van der Waals surface area (Å²) in [6, 6.07) is 0. The van der Waals surface area contributed by atoms with E-state index in [4.69, 9.17) is 17.3 Å². The van der Waals surface area contributed by atoms with E-state index >= 15 is 0 Å². The van der Waals surface area contributed by atoms with E-state index in [1.54, 1.807) is 31.4 Å². The first-order chi connectivity index (χ1) is 12.5. The number of nitrogens with zero attached hydrogens (tertiary/aromatic N) is 1. The molecule has 3 nitrogen and oxygen atoms in total. The van der Waals surface area contributed by atoms with Crippen molar-refractivity contribution in [3.8, 4) is 0 Å². The number of alkyl halides is 1. The Hall–Kier alpha value is -2.24. The predicted molar refractivity (Wildman–Crippen MR) is 105 cm³/mol. The molecule has 0 spiro atoms. The van der Waals surface area contributed by atoms with Crippen molar-refractivity contribution >= 4 is 17.3 Å². The summed E-state index contributed by atoms with van der Waals surface area (Å²) in [6.07, 6.45) is 12.6. The lowest BCUT2D eigenvalue weighted by Gasteiger charge is -2.20. The van der Waals surface area contributed by atoms with Crippen molar-refractivity contribution in [2.75, 3.05) is 6.54 Å². The average Bonchev–Trinajstić information content (AvgIpc) is 2.62. The quantitative estimate of drug-likeness (QED) is 0.477.